The Hall–Kier alpha value is -2.68. The number of anilines is 1. The van der Waals surface area contributed by atoms with Crippen LogP contribution in [0.25, 0.3) is 10.9 Å². The number of aromatic nitrogens is 1. The number of rotatable bonds is 3. The van der Waals surface area contributed by atoms with Crippen LogP contribution in [0.3, 0.4) is 0 Å². The van der Waals surface area contributed by atoms with Crippen LogP contribution in [0.2, 0.25) is 0 Å². The predicted octanol–water partition coefficient (Wildman–Crippen LogP) is 3.71. The quantitative estimate of drug-likeness (QED) is 0.531. The molecule has 2 aromatic carbocycles. The van der Waals surface area contributed by atoms with E-state index in [4.69, 9.17) is 0 Å². The van der Waals surface area contributed by atoms with Crippen molar-refractivity contribution in [2.24, 2.45) is 5.10 Å². The van der Waals surface area contributed by atoms with Crippen LogP contribution in [0.5, 0.6) is 0 Å². The summed E-state index contributed by atoms with van der Waals surface area (Å²) in [4.78, 5) is 4.42. The van der Waals surface area contributed by atoms with Gasteiger partial charge in [-0.15, -0.1) is 0 Å². The number of hydrogen-bond donors (Lipinski definition) is 0. The van der Waals surface area contributed by atoms with Crippen LogP contribution >= 0.6 is 0 Å². The lowest BCUT2D eigenvalue weighted by atomic mass is 10.1. The zero-order valence-corrected chi connectivity index (χ0v) is 11.3. The van der Waals surface area contributed by atoms with Gasteiger partial charge in [-0.2, -0.15) is 5.10 Å². The first-order valence-corrected chi connectivity index (χ1v) is 6.51. The predicted molar refractivity (Wildman–Crippen MR) is 84.2 cm³/mol. The average Bonchev–Trinajstić information content (AvgIpc) is 2.53. The molecule has 0 saturated heterocycles. The molecule has 3 nitrogen and oxygen atoms in total. The van der Waals surface area contributed by atoms with Gasteiger partial charge in [-0.25, -0.2) is 0 Å². The van der Waals surface area contributed by atoms with Crippen LogP contribution in [0.15, 0.2) is 72.0 Å². The van der Waals surface area contributed by atoms with E-state index in [-0.39, 0.29) is 0 Å². The van der Waals surface area contributed by atoms with Crippen LogP contribution in [0.4, 0.5) is 5.69 Å². The Morgan fingerprint density at radius 2 is 1.75 bits per heavy atom. The van der Waals surface area contributed by atoms with E-state index in [0.29, 0.717) is 0 Å². The second kappa shape index (κ2) is 5.53. The molecule has 1 heterocycles. The van der Waals surface area contributed by atoms with Crippen LogP contribution in [0, 0.1) is 0 Å². The third-order valence-electron chi connectivity index (χ3n) is 3.16. The molecule has 0 fully saturated rings. The van der Waals surface area contributed by atoms with Crippen molar-refractivity contribution in [1.82, 2.24) is 4.98 Å². The molecule has 20 heavy (non-hydrogen) atoms. The number of fused-ring (bicyclic) bond motifs is 1. The molecule has 1 aromatic heterocycles. The molecule has 0 amide bonds. The van der Waals surface area contributed by atoms with Crippen LogP contribution in [0.1, 0.15) is 5.56 Å². The Balaban J connectivity index is 1.91. The minimum atomic E-state index is 0.972. The fourth-order valence-corrected chi connectivity index (χ4v) is 2.09. The van der Waals surface area contributed by atoms with Gasteiger partial charge >= 0.3 is 0 Å². The highest BCUT2D eigenvalue weighted by Crippen LogP contribution is 2.15. The summed E-state index contributed by atoms with van der Waals surface area (Å²) in [5.41, 5.74) is 3.04. The lowest BCUT2D eigenvalue weighted by Crippen LogP contribution is -2.08. The van der Waals surface area contributed by atoms with Gasteiger partial charge in [0, 0.05) is 24.2 Å². The van der Waals surface area contributed by atoms with Gasteiger partial charge in [0.25, 0.3) is 0 Å². The van der Waals surface area contributed by atoms with Crippen molar-refractivity contribution in [3.8, 4) is 0 Å². The van der Waals surface area contributed by atoms with E-state index < -0.39 is 0 Å². The highest BCUT2D eigenvalue weighted by Gasteiger charge is 2.00. The van der Waals surface area contributed by atoms with Gasteiger partial charge in [0.15, 0.2) is 0 Å². The summed E-state index contributed by atoms with van der Waals surface area (Å²) in [6, 6.07) is 20.2. The van der Waals surface area contributed by atoms with Crippen LogP contribution in [-0.4, -0.2) is 18.2 Å². The maximum atomic E-state index is 4.48. The lowest BCUT2D eigenvalue weighted by molar-refractivity contribution is 1.02. The number of nitrogens with zero attached hydrogens (tertiary/aromatic N) is 3. The van der Waals surface area contributed by atoms with Crippen molar-refractivity contribution in [2.75, 3.05) is 12.1 Å². The molecule has 0 unspecified atom stereocenters. The lowest BCUT2D eigenvalue weighted by Gasteiger charge is -2.12. The van der Waals surface area contributed by atoms with Crippen molar-refractivity contribution in [3.05, 3.63) is 72.4 Å². The highest BCUT2D eigenvalue weighted by atomic mass is 15.4. The van der Waals surface area contributed by atoms with Crippen molar-refractivity contribution >= 4 is 22.8 Å². The van der Waals surface area contributed by atoms with Crippen molar-refractivity contribution in [2.45, 2.75) is 0 Å². The van der Waals surface area contributed by atoms with E-state index in [2.05, 4.69) is 22.2 Å². The Morgan fingerprint density at radius 1 is 0.950 bits per heavy atom. The van der Waals surface area contributed by atoms with E-state index >= 15 is 0 Å². The fourth-order valence-electron chi connectivity index (χ4n) is 2.09. The molecule has 3 rings (SSSR count). The number of hydrogen-bond acceptors (Lipinski definition) is 3. The topological polar surface area (TPSA) is 28.5 Å². The van der Waals surface area contributed by atoms with Crippen molar-refractivity contribution < 1.29 is 0 Å². The minimum Gasteiger partial charge on any atom is -0.269 e. The summed E-state index contributed by atoms with van der Waals surface area (Å²) in [6.45, 7) is 0. The average molecular weight is 261 g/mol. The summed E-state index contributed by atoms with van der Waals surface area (Å²) in [6.07, 6.45) is 3.66. The number of hydrazone groups is 1. The van der Waals surface area contributed by atoms with E-state index in [9.17, 15) is 0 Å². The summed E-state index contributed by atoms with van der Waals surface area (Å²) in [7, 11) is 1.93. The Bertz CT molecular complexity index is 730. The molecule has 98 valence electrons. The molecule has 0 aliphatic rings. The van der Waals surface area contributed by atoms with E-state index in [0.717, 1.165) is 22.2 Å². The van der Waals surface area contributed by atoms with Crippen LogP contribution in [-0.2, 0) is 0 Å². The first-order chi connectivity index (χ1) is 9.84. The van der Waals surface area contributed by atoms with Gasteiger partial charge < -0.3 is 0 Å². The van der Waals surface area contributed by atoms with Crippen molar-refractivity contribution in [1.29, 1.82) is 0 Å². The third kappa shape index (κ3) is 2.52. The summed E-state index contributed by atoms with van der Waals surface area (Å²) in [5.74, 6) is 0. The first kappa shape index (κ1) is 12.4. The largest absolute Gasteiger partial charge is 0.269 e. The van der Waals surface area contributed by atoms with E-state index in [1.165, 1.54) is 0 Å². The molecular formula is C17H15N3. The second-order valence-electron chi connectivity index (χ2n) is 4.53. The molecule has 3 aromatic rings. The maximum absolute atomic E-state index is 4.48. The van der Waals surface area contributed by atoms with Gasteiger partial charge in [0.05, 0.1) is 17.4 Å². The molecule has 0 N–H and O–H groups in total. The Labute approximate surface area is 118 Å². The smallest absolute Gasteiger partial charge is 0.0790 e. The summed E-state index contributed by atoms with van der Waals surface area (Å²) < 4.78 is 0. The van der Waals surface area contributed by atoms with Gasteiger partial charge in [-0.3, -0.25) is 9.99 Å². The van der Waals surface area contributed by atoms with Crippen molar-refractivity contribution in [3.63, 3.8) is 0 Å². The summed E-state index contributed by atoms with van der Waals surface area (Å²) >= 11 is 0. The molecule has 0 radical (unpaired) electrons. The van der Waals surface area contributed by atoms with Gasteiger partial charge in [-0.05, 0) is 18.2 Å². The monoisotopic (exact) mass is 261 g/mol. The number of para-hydroxylation sites is 2. The highest BCUT2D eigenvalue weighted by molar-refractivity contribution is 5.97. The summed E-state index contributed by atoms with van der Waals surface area (Å²) in [5, 5.41) is 7.46. The molecule has 0 spiro atoms. The van der Waals surface area contributed by atoms with Crippen LogP contribution < -0.4 is 5.01 Å². The fraction of sp³-hybridized carbons (Fsp3) is 0.0588. The molecule has 0 aliphatic heterocycles. The maximum Gasteiger partial charge on any atom is 0.0790 e. The molecule has 0 atom stereocenters. The zero-order valence-electron chi connectivity index (χ0n) is 11.3. The third-order valence-corrected chi connectivity index (χ3v) is 3.16. The van der Waals surface area contributed by atoms with Gasteiger partial charge in [0.1, 0.15) is 0 Å². The van der Waals surface area contributed by atoms with Gasteiger partial charge in [-0.1, -0.05) is 42.5 Å². The minimum absolute atomic E-state index is 0.972. The molecule has 3 heteroatoms. The second-order valence-corrected chi connectivity index (χ2v) is 4.53. The molecule has 0 saturated carbocycles. The van der Waals surface area contributed by atoms with Gasteiger partial charge in [0.2, 0.25) is 0 Å². The van der Waals surface area contributed by atoms with E-state index in [1.54, 1.807) is 6.20 Å². The molecule has 0 bridgehead atoms. The Kier molecular flexibility index (Phi) is 3.42. The molecular weight excluding hydrogens is 246 g/mol. The SMILES string of the molecule is CN(/N=C/c1cccc2cccnc12)c1ccccc1. The standard InChI is InChI=1S/C17H15N3/c1-20(16-10-3-2-4-11-16)19-13-15-8-5-7-14-9-6-12-18-17(14)15/h2-13H,1H3/b19-13+. The number of pyridine rings is 1. The number of benzene rings is 2. The van der Waals surface area contributed by atoms with E-state index in [1.807, 2.05) is 66.8 Å². The molecule has 0 aliphatic carbocycles. The zero-order chi connectivity index (χ0) is 13.8. The Morgan fingerprint density at radius 3 is 2.60 bits per heavy atom. The first-order valence-electron chi connectivity index (χ1n) is 6.51. The normalized spacial score (nSPS) is 11.1.